The highest BCUT2D eigenvalue weighted by Gasteiger charge is 1.97. The molecule has 0 rings (SSSR count). The van der Waals surface area contributed by atoms with E-state index in [1.54, 1.807) is 0 Å². The molecule has 0 atom stereocenters. The molecule has 2 nitrogen and oxygen atoms in total. The van der Waals surface area contributed by atoms with Crippen molar-refractivity contribution >= 4 is 13.1 Å². The Balaban J connectivity index is 2.83. The van der Waals surface area contributed by atoms with Crippen molar-refractivity contribution in [2.45, 2.75) is 32.5 Å². The average molecular weight is 127 g/mol. The summed E-state index contributed by atoms with van der Waals surface area (Å²) in [5.74, 6) is -0.800. The molecule has 9 heavy (non-hydrogen) atoms. The molecule has 0 fully saturated rings. The summed E-state index contributed by atoms with van der Waals surface area (Å²) in [6.45, 7) is 2.10. The van der Waals surface area contributed by atoms with Gasteiger partial charge in [0.1, 0.15) is 0 Å². The molecule has 0 aromatic heterocycles. The van der Waals surface area contributed by atoms with E-state index in [1.807, 2.05) is 0 Å². The lowest BCUT2D eigenvalue weighted by molar-refractivity contribution is 0.219. The molecular formula is C6H12BO2. The number of hydrogen-bond donors (Lipinski definition) is 1. The topological polar surface area (TPSA) is 37.3 Å². The number of unbranched alkanes of at least 4 members (excludes halogenated alkanes) is 2. The van der Waals surface area contributed by atoms with Crippen LogP contribution < -0.4 is 0 Å². The minimum Gasteiger partial charge on any atom is -0.490 e. The zero-order valence-corrected chi connectivity index (χ0v) is 5.76. The van der Waals surface area contributed by atoms with Crippen LogP contribution in [0.25, 0.3) is 0 Å². The summed E-state index contributed by atoms with van der Waals surface area (Å²) >= 11 is 0. The predicted molar refractivity (Wildman–Crippen MR) is 38.1 cm³/mol. The minimum atomic E-state index is -0.800. The van der Waals surface area contributed by atoms with E-state index >= 15 is 0 Å². The molecule has 0 bridgehead atoms. The summed E-state index contributed by atoms with van der Waals surface area (Å²) in [6, 6.07) is 0. The molecule has 0 aliphatic rings. The van der Waals surface area contributed by atoms with Crippen molar-refractivity contribution in [3.63, 3.8) is 0 Å². The van der Waals surface area contributed by atoms with Gasteiger partial charge >= 0.3 is 0 Å². The molecular weight excluding hydrogens is 115 g/mol. The highest BCUT2D eigenvalue weighted by atomic mass is 16.4. The van der Waals surface area contributed by atoms with Gasteiger partial charge in [-0.25, -0.2) is 0 Å². The Morgan fingerprint density at radius 1 is 1.56 bits per heavy atom. The molecule has 0 aromatic rings. The molecule has 0 heterocycles. The van der Waals surface area contributed by atoms with Crippen LogP contribution in [0.15, 0.2) is 0 Å². The van der Waals surface area contributed by atoms with E-state index in [2.05, 4.69) is 6.92 Å². The summed E-state index contributed by atoms with van der Waals surface area (Å²) in [7, 11) is 1.32. The molecule has 0 aliphatic heterocycles. The lowest BCUT2D eigenvalue weighted by Gasteiger charge is -1.91. The fourth-order valence-corrected chi connectivity index (χ4v) is 0.620. The van der Waals surface area contributed by atoms with E-state index in [4.69, 9.17) is 5.11 Å². The van der Waals surface area contributed by atoms with E-state index in [1.165, 1.54) is 7.28 Å². The summed E-state index contributed by atoms with van der Waals surface area (Å²) in [4.78, 5) is 9.91. The smallest absolute Gasteiger partial charge is 0.260 e. The van der Waals surface area contributed by atoms with Gasteiger partial charge < -0.3 is 5.11 Å². The van der Waals surface area contributed by atoms with Crippen LogP contribution in [0.1, 0.15) is 26.2 Å². The Morgan fingerprint density at radius 2 is 2.22 bits per heavy atom. The Hall–Kier alpha value is -0.465. The summed E-state index contributed by atoms with van der Waals surface area (Å²) in [5, 5.41) is 8.16. The predicted octanol–water partition coefficient (Wildman–Crippen LogP) is 1.98. The second kappa shape index (κ2) is 5.67. The summed E-state index contributed by atoms with van der Waals surface area (Å²) in [6.07, 6.45) is 3.99. The van der Waals surface area contributed by atoms with E-state index in [9.17, 15) is 4.79 Å². The highest BCUT2D eigenvalue weighted by Crippen LogP contribution is 1.97. The summed E-state index contributed by atoms with van der Waals surface area (Å²) in [5.41, 5.74) is 0. The van der Waals surface area contributed by atoms with Crippen LogP contribution in [-0.2, 0) is 0 Å². The van der Waals surface area contributed by atoms with Gasteiger partial charge in [0.15, 0.2) is 0 Å². The maximum absolute atomic E-state index is 9.91. The average Bonchev–Trinajstić information content (AvgIpc) is 1.80. The lowest BCUT2D eigenvalue weighted by Crippen LogP contribution is -2.03. The fourth-order valence-electron chi connectivity index (χ4n) is 0.620. The number of carbonyl (C=O) groups is 1. The van der Waals surface area contributed by atoms with Crippen LogP contribution in [0.3, 0.4) is 0 Å². The molecule has 0 saturated heterocycles. The quantitative estimate of drug-likeness (QED) is 0.452. The first-order valence-electron chi connectivity index (χ1n) is 3.33. The standard InChI is InChI=1S/C6H12BO2/c1-2-3-4-5-7-6(8)9/h2-5H2,1H3,(H,8,9). The fraction of sp³-hybridized carbons (Fsp3) is 0.833. The van der Waals surface area contributed by atoms with Crippen molar-refractivity contribution < 1.29 is 9.90 Å². The van der Waals surface area contributed by atoms with Gasteiger partial charge in [-0.15, -0.1) is 0 Å². The van der Waals surface area contributed by atoms with Gasteiger partial charge in [-0.05, 0) is 0 Å². The van der Waals surface area contributed by atoms with Crippen LogP contribution in [0, 0.1) is 0 Å². The third-order valence-corrected chi connectivity index (χ3v) is 1.13. The van der Waals surface area contributed by atoms with Crippen molar-refractivity contribution in [3.8, 4) is 0 Å². The maximum Gasteiger partial charge on any atom is 0.260 e. The van der Waals surface area contributed by atoms with Crippen LogP contribution >= 0.6 is 0 Å². The highest BCUT2D eigenvalue weighted by molar-refractivity contribution is 6.71. The largest absolute Gasteiger partial charge is 0.490 e. The van der Waals surface area contributed by atoms with Gasteiger partial charge in [-0.2, -0.15) is 0 Å². The van der Waals surface area contributed by atoms with Crippen LogP contribution in [0.2, 0.25) is 6.32 Å². The van der Waals surface area contributed by atoms with E-state index in [0.717, 1.165) is 19.3 Å². The first-order valence-corrected chi connectivity index (χ1v) is 3.33. The molecule has 1 N–H and O–H groups in total. The van der Waals surface area contributed by atoms with Crippen LogP contribution in [0.4, 0.5) is 4.79 Å². The van der Waals surface area contributed by atoms with E-state index in [-0.39, 0.29) is 0 Å². The Morgan fingerprint density at radius 3 is 2.67 bits per heavy atom. The van der Waals surface area contributed by atoms with Crippen molar-refractivity contribution in [2.24, 2.45) is 0 Å². The van der Waals surface area contributed by atoms with Gasteiger partial charge in [0.25, 0.3) is 7.28 Å². The SMILES string of the molecule is CCCCC[B]C(=O)O. The third-order valence-electron chi connectivity index (χ3n) is 1.13. The van der Waals surface area contributed by atoms with Crippen molar-refractivity contribution in [1.82, 2.24) is 0 Å². The van der Waals surface area contributed by atoms with Crippen LogP contribution in [0.5, 0.6) is 0 Å². The van der Waals surface area contributed by atoms with Crippen molar-refractivity contribution in [1.29, 1.82) is 0 Å². The second-order valence-corrected chi connectivity index (χ2v) is 2.04. The molecule has 0 spiro atoms. The van der Waals surface area contributed by atoms with Gasteiger partial charge in [-0.3, -0.25) is 4.79 Å². The van der Waals surface area contributed by atoms with Crippen LogP contribution in [-0.4, -0.2) is 18.3 Å². The number of carboxylic acid groups (broad SMARTS) is 1. The normalized spacial score (nSPS) is 9.00. The third kappa shape index (κ3) is 7.53. The monoisotopic (exact) mass is 127 g/mol. The first-order chi connectivity index (χ1) is 4.27. The van der Waals surface area contributed by atoms with Crippen molar-refractivity contribution in [3.05, 3.63) is 0 Å². The maximum atomic E-state index is 9.91. The minimum absolute atomic E-state index is 0.711. The molecule has 0 unspecified atom stereocenters. The molecule has 0 amide bonds. The van der Waals surface area contributed by atoms with Gasteiger partial charge in [0.05, 0.1) is 0 Å². The van der Waals surface area contributed by atoms with E-state index in [0.29, 0.717) is 6.32 Å². The van der Waals surface area contributed by atoms with Gasteiger partial charge in [0.2, 0.25) is 5.87 Å². The Labute approximate surface area is 56.5 Å². The Bertz CT molecular complexity index is 83.1. The van der Waals surface area contributed by atoms with Crippen molar-refractivity contribution in [2.75, 3.05) is 0 Å². The van der Waals surface area contributed by atoms with Gasteiger partial charge in [0, 0.05) is 0 Å². The lowest BCUT2D eigenvalue weighted by atomic mass is 9.73. The molecule has 51 valence electrons. The number of hydrogen-bond acceptors (Lipinski definition) is 1. The Kier molecular flexibility index (Phi) is 5.37. The number of rotatable bonds is 5. The zero-order chi connectivity index (χ0) is 7.11. The molecule has 3 heteroatoms. The summed E-state index contributed by atoms with van der Waals surface area (Å²) < 4.78 is 0. The molecule has 0 aromatic carbocycles. The second-order valence-electron chi connectivity index (χ2n) is 2.04. The molecule has 0 saturated carbocycles. The zero-order valence-electron chi connectivity index (χ0n) is 5.76. The van der Waals surface area contributed by atoms with Gasteiger partial charge in [-0.1, -0.05) is 32.5 Å². The molecule has 0 aliphatic carbocycles. The van der Waals surface area contributed by atoms with E-state index < -0.39 is 5.87 Å². The first kappa shape index (κ1) is 8.53. The molecule has 1 radical (unpaired) electrons.